The third kappa shape index (κ3) is 3.00. The van der Waals surface area contributed by atoms with Crippen LogP contribution in [0.1, 0.15) is 31.7 Å². The Morgan fingerprint density at radius 1 is 1.04 bits per heavy atom. The van der Waals surface area contributed by atoms with Crippen LogP contribution >= 0.6 is 0 Å². The van der Waals surface area contributed by atoms with E-state index in [1.807, 2.05) is 37.3 Å². The summed E-state index contributed by atoms with van der Waals surface area (Å²) in [5, 5.41) is 4.49. The van der Waals surface area contributed by atoms with Gasteiger partial charge in [0.05, 0.1) is 17.1 Å². The SMILES string of the molecule is Cc1nn(-c2ccccc2)c(C)c1S(=O)(=O)N1CC(C)CC(C)C1. The minimum absolute atomic E-state index is 0.354. The Bertz CT molecular complexity index is 817. The molecule has 130 valence electrons. The lowest BCUT2D eigenvalue weighted by Gasteiger charge is -2.34. The third-order valence-corrected chi connectivity index (χ3v) is 6.74. The molecule has 0 saturated carbocycles. The largest absolute Gasteiger partial charge is 0.246 e. The van der Waals surface area contributed by atoms with Gasteiger partial charge in [0, 0.05) is 13.1 Å². The molecule has 0 N–H and O–H groups in total. The molecule has 2 unspecified atom stereocenters. The molecule has 0 bridgehead atoms. The molecule has 0 radical (unpaired) electrons. The second-order valence-electron chi connectivity index (χ2n) is 7.02. The zero-order valence-corrected chi connectivity index (χ0v) is 15.5. The highest BCUT2D eigenvalue weighted by Gasteiger charge is 2.35. The molecule has 2 heterocycles. The van der Waals surface area contributed by atoms with Crippen molar-refractivity contribution in [1.82, 2.24) is 14.1 Å². The number of para-hydroxylation sites is 1. The number of sulfonamides is 1. The van der Waals surface area contributed by atoms with Gasteiger partial charge in [0.25, 0.3) is 0 Å². The van der Waals surface area contributed by atoms with Gasteiger partial charge in [0.15, 0.2) is 0 Å². The molecule has 1 aromatic heterocycles. The minimum atomic E-state index is -3.53. The molecule has 1 saturated heterocycles. The van der Waals surface area contributed by atoms with E-state index in [0.29, 0.717) is 41.2 Å². The molecule has 1 aliphatic rings. The maximum Gasteiger partial charge on any atom is 0.246 e. The van der Waals surface area contributed by atoms with Crippen LogP contribution < -0.4 is 0 Å². The number of rotatable bonds is 3. The summed E-state index contributed by atoms with van der Waals surface area (Å²) in [5.74, 6) is 0.765. The molecule has 0 aliphatic carbocycles. The Hall–Kier alpha value is -1.66. The second kappa shape index (κ2) is 6.33. The highest BCUT2D eigenvalue weighted by molar-refractivity contribution is 7.89. The zero-order chi connectivity index (χ0) is 17.5. The minimum Gasteiger partial charge on any atom is -0.236 e. The van der Waals surface area contributed by atoms with Crippen LogP contribution in [0.4, 0.5) is 0 Å². The van der Waals surface area contributed by atoms with Crippen molar-refractivity contribution in [3.63, 3.8) is 0 Å². The van der Waals surface area contributed by atoms with Crippen molar-refractivity contribution in [2.24, 2.45) is 11.8 Å². The predicted octanol–water partition coefficient (Wildman–Crippen LogP) is 3.16. The number of hydrogen-bond donors (Lipinski definition) is 0. The van der Waals surface area contributed by atoms with E-state index in [1.54, 1.807) is 15.9 Å². The van der Waals surface area contributed by atoms with Crippen LogP contribution in [0.15, 0.2) is 35.2 Å². The summed E-state index contributed by atoms with van der Waals surface area (Å²) in [4.78, 5) is 0.354. The molecule has 2 aromatic rings. The molecule has 1 aliphatic heterocycles. The fraction of sp³-hybridized carbons (Fsp3) is 0.500. The Balaban J connectivity index is 2.04. The lowest BCUT2D eigenvalue weighted by molar-refractivity contribution is 0.222. The Kier molecular flexibility index (Phi) is 4.53. The van der Waals surface area contributed by atoms with E-state index in [4.69, 9.17) is 0 Å². The van der Waals surface area contributed by atoms with Crippen molar-refractivity contribution in [2.75, 3.05) is 13.1 Å². The van der Waals surface area contributed by atoms with E-state index in [-0.39, 0.29) is 0 Å². The van der Waals surface area contributed by atoms with Crippen LogP contribution in [-0.2, 0) is 10.0 Å². The van der Waals surface area contributed by atoms with E-state index in [2.05, 4.69) is 18.9 Å². The summed E-state index contributed by atoms with van der Waals surface area (Å²) in [6, 6.07) is 9.65. The third-order valence-electron chi connectivity index (χ3n) is 4.66. The monoisotopic (exact) mass is 347 g/mol. The standard InChI is InChI=1S/C18H25N3O2S/c1-13-10-14(2)12-20(11-13)24(22,23)18-15(3)19-21(16(18)4)17-8-6-5-7-9-17/h5-9,13-14H,10-12H2,1-4H3. The molecule has 1 aromatic carbocycles. The molecule has 6 heteroatoms. The van der Waals surface area contributed by atoms with Crippen molar-refractivity contribution in [1.29, 1.82) is 0 Å². The van der Waals surface area contributed by atoms with Crippen LogP contribution in [0.2, 0.25) is 0 Å². The Morgan fingerprint density at radius 2 is 1.62 bits per heavy atom. The molecule has 2 atom stereocenters. The summed E-state index contributed by atoms with van der Waals surface area (Å²) < 4.78 is 29.8. The van der Waals surface area contributed by atoms with Crippen molar-refractivity contribution in [2.45, 2.75) is 39.0 Å². The molecule has 5 nitrogen and oxygen atoms in total. The van der Waals surface area contributed by atoms with Gasteiger partial charge in [-0.2, -0.15) is 9.40 Å². The van der Waals surface area contributed by atoms with E-state index in [1.165, 1.54) is 0 Å². The highest BCUT2D eigenvalue weighted by Crippen LogP contribution is 2.30. The molecule has 0 amide bonds. The van der Waals surface area contributed by atoms with Gasteiger partial charge in [0.1, 0.15) is 4.90 Å². The van der Waals surface area contributed by atoms with Gasteiger partial charge >= 0.3 is 0 Å². The molecule has 3 rings (SSSR count). The van der Waals surface area contributed by atoms with Crippen LogP contribution in [0.25, 0.3) is 5.69 Å². The van der Waals surface area contributed by atoms with Crippen LogP contribution in [-0.4, -0.2) is 35.6 Å². The Labute approximate surface area is 144 Å². The highest BCUT2D eigenvalue weighted by atomic mass is 32.2. The van der Waals surface area contributed by atoms with Crippen LogP contribution in [0, 0.1) is 25.7 Å². The van der Waals surface area contributed by atoms with Gasteiger partial charge in [-0.3, -0.25) is 0 Å². The molecule has 24 heavy (non-hydrogen) atoms. The summed E-state index contributed by atoms with van der Waals surface area (Å²) in [5.41, 5.74) is 2.10. The van der Waals surface area contributed by atoms with Gasteiger partial charge in [-0.25, -0.2) is 13.1 Å². The Morgan fingerprint density at radius 3 is 2.21 bits per heavy atom. The van der Waals surface area contributed by atoms with Crippen LogP contribution in [0.5, 0.6) is 0 Å². The van der Waals surface area contributed by atoms with Crippen molar-refractivity contribution >= 4 is 10.0 Å². The average Bonchev–Trinajstić information content (AvgIpc) is 2.82. The van der Waals surface area contributed by atoms with E-state index < -0.39 is 10.0 Å². The van der Waals surface area contributed by atoms with E-state index >= 15 is 0 Å². The summed E-state index contributed by atoms with van der Waals surface area (Å²) >= 11 is 0. The second-order valence-corrected chi connectivity index (χ2v) is 8.89. The number of piperidine rings is 1. The normalized spacial score (nSPS) is 22.7. The summed E-state index contributed by atoms with van der Waals surface area (Å²) in [7, 11) is -3.53. The first-order chi connectivity index (χ1) is 11.3. The van der Waals surface area contributed by atoms with Crippen molar-refractivity contribution in [3.05, 3.63) is 41.7 Å². The van der Waals surface area contributed by atoms with Gasteiger partial charge in [0.2, 0.25) is 10.0 Å². The first-order valence-corrected chi connectivity index (χ1v) is 9.86. The zero-order valence-electron chi connectivity index (χ0n) is 14.7. The molecular formula is C18H25N3O2S. The summed E-state index contributed by atoms with van der Waals surface area (Å²) in [6.07, 6.45) is 1.08. The number of nitrogens with zero attached hydrogens (tertiary/aromatic N) is 3. The van der Waals surface area contributed by atoms with E-state index in [9.17, 15) is 8.42 Å². The number of hydrogen-bond acceptors (Lipinski definition) is 3. The maximum atomic E-state index is 13.2. The predicted molar refractivity (Wildman–Crippen MR) is 94.7 cm³/mol. The lowest BCUT2D eigenvalue weighted by Crippen LogP contribution is -2.42. The van der Waals surface area contributed by atoms with Crippen molar-refractivity contribution in [3.8, 4) is 5.69 Å². The smallest absolute Gasteiger partial charge is 0.236 e. The molecule has 0 spiro atoms. The van der Waals surface area contributed by atoms with Gasteiger partial charge in [-0.15, -0.1) is 0 Å². The number of aromatic nitrogens is 2. The number of benzene rings is 1. The van der Waals surface area contributed by atoms with E-state index in [0.717, 1.165) is 12.1 Å². The van der Waals surface area contributed by atoms with Gasteiger partial charge in [-0.05, 0) is 44.2 Å². The lowest BCUT2D eigenvalue weighted by atomic mass is 9.94. The topological polar surface area (TPSA) is 55.2 Å². The molecular weight excluding hydrogens is 322 g/mol. The first kappa shape index (κ1) is 17.2. The average molecular weight is 347 g/mol. The van der Waals surface area contributed by atoms with Crippen molar-refractivity contribution < 1.29 is 8.42 Å². The molecule has 1 fully saturated rings. The number of aryl methyl sites for hydroxylation is 1. The van der Waals surface area contributed by atoms with Crippen LogP contribution in [0.3, 0.4) is 0 Å². The fourth-order valence-corrected chi connectivity index (χ4v) is 5.79. The maximum absolute atomic E-state index is 13.2. The van der Waals surface area contributed by atoms with Gasteiger partial charge in [-0.1, -0.05) is 32.0 Å². The fourth-order valence-electron chi connectivity index (χ4n) is 3.75. The van der Waals surface area contributed by atoms with Gasteiger partial charge < -0.3 is 0 Å². The quantitative estimate of drug-likeness (QED) is 0.857. The first-order valence-electron chi connectivity index (χ1n) is 8.42. The summed E-state index contributed by atoms with van der Waals surface area (Å²) in [6.45, 7) is 9.01.